The van der Waals surface area contributed by atoms with E-state index in [0.717, 1.165) is 29.0 Å². The number of hydrogen-bond acceptors (Lipinski definition) is 7. The topological polar surface area (TPSA) is 125 Å². The highest BCUT2D eigenvalue weighted by Gasteiger charge is 2.30. The number of sulfonamides is 1. The first-order chi connectivity index (χ1) is 19.7. The van der Waals surface area contributed by atoms with Crippen LogP contribution in [0, 0.1) is 0 Å². The van der Waals surface area contributed by atoms with Gasteiger partial charge < -0.3 is 20.3 Å². The number of amides is 2. The molecule has 41 heavy (non-hydrogen) atoms. The summed E-state index contributed by atoms with van der Waals surface area (Å²) < 4.78 is 31.1. The number of esters is 1. The normalized spacial score (nSPS) is 15.7. The lowest BCUT2D eigenvalue weighted by Crippen LogP contribution is -2.41. The molecule has 0 spiro atoms. The average Bonchev–Trinajstić information content (AvgIpc) is 3.62. The minimum Gasteiger partial charge on any atom is -0.465 e. The zero-order valence-electron chi connectivity index (χ0n) is 22.7. The van der Waals surface area contributed by atoms with Crippen molar-refractivity contribution in [1.82, 2.24) is 4.90 Å². The highest BCUT2D eigenvalue weighted by atomic mass is 32.2. The first kappa shape index (κ1) is 27.9. The molecule has 11 heteroatoms. The molecule has 0 atom stereocenters. The van der Waals surface area contributed by atoms with Crippen molar-refractivity contribution in [3.05, 3.63) is 89.5 Å². The molecular weight excluding hydrogens is 544 g/mol. The molecule has 0 unspecified atom stereocenters. The Balaban J connectivity index is 1.48. The number of rotatable bonds is 8. The fraction of sp³-hybridized carbons (Fsp3) is 0.233. The van der Waals surface area contributed by atoms with Gasteiger partial charge in [-0.25, -0.2) is 13.2 Å². The molecule has 0 aliphatic carbocycles. The SMILES string of the molecule is COC(=O)c1ccc2c(c1)NC(=O)/C2=C(\Nc1ccc(N(CC(=O)N2CCCC2)S(C)(=O)=O)cc1)c1ccccc1. The summed E-state index contributed by atoms with van der Waals surface area (Å²) in [6.45, 7) is 1.00. The van der Waals surface area contributed by atoms with Gasteiger partial charge in [-0.2, -0.15) is 0 Å². The number of carbonyl (C=O) groups is 3. The molecule has 1 saturated heterocycles. The number of anilines is 3. The third-order valence-corrected chi connectivity index (χ3v) is 8.20. The number of methoxy groups -OCH3 is 1. The Morgan fingerprint density at radius 3 is 2.29 bits per heavy atom. The fourth-order valence-electron chi connectivity index (χ4n) is 4.99. The molecule has 0 saturated carbocycles. The lowest BCUT2D eigenvalue weighted by Gasteiger charge is -2.25. The highest BCUT2D eigenvalue weighted by Crippen LogP contribution is 2.38. The lowest BCUT2D eigenvalue weighted by atomic mass is 9.99. The molecular formula is C30H30N4O6S. The van der Waals surface area contributed by atoms with Crippen LogP contribution < -0.4 is 14.9 Å². The van der Waals surface area contributed by atoms with Crippen LogP contribution >= 0.6 is 0 Å². The molecule has 5 rings (SSSR count). The molecule has 3 aromatic rings. The van der Waals surface area contributed by atoms with Crippen molar-refractivity contribution < 1.29 is 27.5 Å². The maximum absolute atomic E-state index is 13.2. The standard InChI is InChI=1S/C30H30N4O6S/c1-40-30(37)21-10-15-24-25(18-21)32-29(36)27(24)28(20-8-4-3-5-9-20)31-22-11-13-23(14-12-22)34(41(2,38)39)19-26(35)33-16-6-7-17-33/h3-5,8-15,18,31H,6-7,16-17,19H2,1-2H3,(H,32,36)/b28-27-. The van der Waals surface area contributed by atoms with Crippen molar-refractivity contribution in [2.75, 3.05) is 47.9 Å². The summed E-state index contributed by atoms with van der Waals surface area (Å²) in [5.74, 6) is -1.08. The summed E-state index contributed by atoms with van der Waals surface area (Å²) in [5.41, 5.74) is 4.06. The second kappa shape index (κ2) is 11.5. The number of fused-ring (bicyclic) bond motifs is 1. The van der Waals surface area contributed by atoms with Crippen LogP contribution in [0.25, 0.3) is 11.3 Å². The van der Waals surface area contributed by atoms with Crippen LogP contribution in [0.3, 0.4) is 0 Å². The minimum absolute atomic E-state index is 0.229. The van der Waals surface area contributed by atoms with Gasteiger partial charge >= 0.3 is 5.97 Å². The van der Waals surface area contributed by atoms with E-state index in [2.05, 4.69) is 10.6 Å². The molecule has 0 bridgehead atoms. The van der Waals surface area contributed by atoms with Gasteiger partial charge in [0.1, 0.15) is 6.54 Å². The Hall–Kier alpha value is -4.64. The van der Waals surface area contributed by atoms with Crippen LogP contribution in [0.4, 0.5) is 17.1 Å². The minimum atomic E-state index is -3.72. The van der Waals surface area contributed by atoms with Crippen molar-refractivity contribution in [3.8, 4) is 0 Å². The first-order valence-electron chi connectivity index (χ1n) is 13.1. The molecule has 2 aliphatic heterocycles. The van der Waals surface area contributed by atoms with Crippen molar-refractivity contribution in [3.63, 3.8) is 0 Å². The molecule has 2 aliphatic rings. The van der Waals surface area contributed by atoms with Crippen LogP contribution in [0.15, 0.2) is 72.8 Å². The Labute approximate surface area is 238 Å². The largest absolute Gasteiger partial charge is 0.465 e. The molecule has 2 N–H and O–H groups in total. The number of ether oxygens (including phenoxy) is 1. The van der Waals surface area contributed by atoms with Crippen LogP contribution in [0.2, 0.25) is 0 Å². The predicted octanol–water partition coefficient (Wildman–Crippen LogP) is 3.79. The van der Waals surface area contributed by atoms with Gasteiger partial charge in [-0.15, -0.1) is 0 Å². The summed E-state index contributed by atoms with van der Waals surface area (Å²) >= 11 is 0. The number of nitrogens with zero attached hydrogens (tertiary/aromatic N) is 2. The summed E-state index contributed by atoms with van der Waals surface area (Å²) in [4.78, 5) is 39.7. The van der Waals surface area contributed by atoms with E-state index >= 15 is 0 Å². The molecule has 2 amide bonds. The summed E-state index contributed by atoms with van der Waals surface area (Å²) in [5, 5.41) is 6.16. The summed E-state index contributed by atoms with van der Waals surface area (Å²) in [6, 6.07) is 20.8. The van der Waals surface area contributed by atoms with E-state index in [1.54, 1.807) is 47.4 Å². The van der Waals surface area contributed by atoms with Gasteiger partial charge in [-0.05, 0) is 54.8 Å². The number of carbonyl (C=O) groups excluding carboxylic acids is 3. The molecule has 2 heterocycles. The van der Waals surface area contributed by atoms with E-state index in [4.69, 9.17) is 4.74 Å². The Kier molecular flexibility index (Phi) is 7.80. The molecule has 1 fully saturated rings. The number of nitrogens with one attached hydrogen (secondary N) is 2. The predicted molar refractivity (Wildman–Crippen MR) is 158 cm³/mol. The summed E-state index contributed by atoms with van der Waals surface area (Å²) in [6.07, 6.45) is 2.91. The quantitative estimate of drug-likeness (QED) is 0.310. The second-order valence-corrected chi connectivity index (χ2v) is 11.8. The van der Waals surface area contributed by atoms with Crippen LogP contribution in [-0.2, 0) is 24.3 Å². The maximum Gasteiger partial charge on any atom is 0.337 e. The van der Waals surface area contributed by atoms with E-state index in [1.165, 1.54) is 7.11 Å². The van der Waals surface area contributed by atoms with Crippen molar-refractivity contribution >= 4 is 56.1 Å². The second-order valence-electron chi connectivity index (χ2n) is 9.85. The third-order valence-electron chi connectivity index (χ3n) is 7.06. The van der Waals surface area contributed by atoms with Crippen LogP contribution in [-0.4, -0.2) is 64.1 Å². The van der Waals surface area contributed by atoms with E-state index in [-0.39, 0.29) is 18.4 Å². The lowest BCUT2D eigenvalue weighted by molar-refractivity contribution is -0.128. The first-order valence-corrected chi connectivity index (χ1v) is 15.0. The third kappa shape index (κ3) is 5.94. The van der Waals surface area contributed by atoms with Gasteiger partial charge in [-0.1, -0.05) is 36.4 Å². The zero-order chi connectivity index (χ0) is 29.1. The maximum atomic E-state index is 13.2. The Morgan fingerprint density at radius 2 is 1.66 bits per heavy atom. The van der Waals surface area contributed by atoms with E-state index in [1.807, 2.05) is 30.3 Å². The Morgan fingerprint density at radius 1 is 0.976 bits per heavy atom. The van der Waals surface area contributed by atoms with Crippen molar-refractivity contribution in [1.29, 1.82) is 0 Å². The average molecular weight is 575 g/mol. The molecule has 212 valence electrons. The molecule has 0 aromatic heterocycles. The summed E-state index contributed by atoms with van der Waals surface area (Å²) in [7, 11) is -2.42. The Bertz CT molecular complexity index is 1630. The monoisotopic (exact) mass is 574 g/mol. The molecule has 3 aromatic carbocycles. The van der Waals surface area contributed by atoms with Gasteiger partial charge in [0.05, 0.1) is 41.6 Å². The van der Waals surface area contributed by atoms with Gasteiger partial charge in [0.15, 0.2) is 0 Å². The van der Waals surface area contributed by atoms with Gasteiger partial charge in [0, 0.05) is 24.3 Å². The number of likely N-dealkylation sites (tertiary alicyclic amines) is 1. The molecule has 10 nitrogen and oxygen atoms in total. The smallest absolute Gasteiger partial charge is 0.337 e. The van der Waals surface area contributed by atoms with E-state index in [9.17, 15) is 22.8 Å². The molecule has 0 radical (unpaired) electrons. The van der Waals surface area contributed by atoms with Crippen LogP contribution in [0.5, 0.6) is 0 Å². The highest BCUT2D eigenvalue weighted by molar-refractivity contribution is 7.92. The van der Waals surface area contributed by atoms with E-state index < -0.39 is 16.0 Å². The van der Waals surface area contributed by atoms with Gasteiger partial charge in [0.25, 0.3) is 5.91 Å². The van der Waals surface area contributed by atoms with E-state index in [0.29, 0.717) is 52.5 Å². The van der Waals surface area contributed by atoms with Crippen LogP contribution in [0.1, 0.15) is 34.3 Å². The fourth-order valence-corrected chi connectivity index (χ4v) is 5.84. The van der Waals surface area contributed by atoms with Gasteiger partial charge in [0.2, 0.25) is 15.9 Å². The zero-order valence-corrected chi connectivity index (χ0v) is 23.5. The number of hydrogen-bond donors (Lipinski definition) is 2. The number of benzene rings is 3. The van der Waals surface area contributed by atoms with Gasteiger partial charge in [-0.3, -0.25) is 13.9 Å². The van der Waals surface area contributed by atoms with Crippen molar-refractivity contribution in [2.45, 2.75) is 12.8 Å². The van der Waals surface area contributed by atoms with Crippen molar-refractivity contribution in [2.24, 2.45) is 0 Å².